The fourth-order valence-electron chi connectivity index (χ4n) is 1.30. The Bertz CT molecular complexity index is 147. The van der Waals surface area contributed by atoms with E-state index in [4.69, 9.17) is 0 Å². The first-order chi connectivity index (χ1) is 4.83. The van der Waals surface area contributed by atoms with Gasteiger partial charge in [0.25, 0.3) is 0 Å². The number of ketones is 1. The highest BCUT2D eigenvalue weighted by molar-refractivity contribution is 5.89. The van der Waals surface area contributed by atoms with Gasteiger partial charge in [0.2, 0.25) is 0 Å². The van der Waals surface area contributed by atoms with Crippen LogP contribution in [0.5, 0.6) is 0 Å². The first kappa shape index (κ1) is 7.52. The molecule has 0 aromatic rings. The molecule has 1 heteroatoms. The van der Waals surface area contributed by atoms with Crippen molar-refractivity contribution < 1.29 is 4.79 Å². The summed E-state index contributed by atoms with van der Waals surface area (Å²) in [5, 5.41) is 0. The van der Waals surface area contributed by atoms with E-state index < -0.39 is 0 Å². The van der Waals surface area contributed by atoms with Gasteiger partial charge in [-0.1, -0.05) is 13.0 Å². The minimum atomic E-state index is 0.302. The van der Waals surface area contributed by atoms with Gasteiger partial charge in [0.05, 0.1) is 0 Å². The van der Waals surface area contributed by atoms with E-state index in [1.54, 1.807) is 6.08 Å². The molecule has 1 nitrogen and oxygen atoms in total. The lowest BCUT2D eigenvalue weighted by Gasteiger charge is -2.04. The van der Waals surface area contributed by atoms with Crippen LogP contribution in [-0.2, 0) is 4.79 Å². The third kappa shape index (κ3) is 1.98. The summed E-state index contributed by atoms with van der Waals surface area (Å²) in [7, 11) is 0. The van der Waals surface area contributed by atoms with Crippen LogP contribution in [0.1, 0.15) is 32.6 Å². The molecule has 56 valence electrons. The zero-order valence-electron chi connectivity index (χ0n) is 6.47. The van der Waals surface area contributed by atoms with Crippen molar-refractivity contribution >= 4 is 5.78 Å². The van der Waals surface area contributed by atoms with Crippen molar-refractivity contribution in [2.45, 2.75) is 32.6 Å². The Balaban J connectivity index is 2.50. The van der Waals surface area contributed by atoms with E-state index in [1.165, 1.54) is 12.8 Å². The average Bonchev–Trinajstić information content (AvgIpc) is 2.14. The molecule has 0 aromatic heterocycles. The highest BCUT2D eigenvalue weighted by atomic mass is 16.1. The summed E-state index contributed by atoms with van der Waals surface area (Å²) >= 11 is 0. The van der Waals surface area contributed by atoms with Gasteiger partial charge in [-0.15, -0.1) is 0 Å². The molecule has 0 saturated heterocycles. The second kappa shape index (κ2) is 3.55. The van der Waals surface area contributed by atoms with E-state index in [9.17, 15) is 4.79 Å². The molecule has 0 aliphatic heterocycles. The number of hydrogen-bond acceptors (Lipinski definition) is 1. The topological polar surface area (TPSA) is 17.1 Å². The second-order valence-electron chi connectivity index (χ2n) is 2.89. The first-order valence-corrected chi connectivity index (χ1v) is 4.04. The summed E-state index contributed by atoms with van der Waals surface area (Å²) in [5.41, 5.74) is 0. The highest BCUT2D eigenvalue weighted by Crippen LogP contribution is 2.17. The molecule has 0 fully saturated rings. The molecule has 0 aromatic carbocycles. The maximum Gasteiger partial charge on any atom is 0.155 e. The van der Waals surface area contributed by atoms with Gasteiger partial charge < -0.3 is 0 Å². The van der Waals surface area contributed by atoms with Crippen molar-refractivity contribution in [3.8, 4) is 0 Å². The van der Waals surface area contributed by atoms with Crippen LogP contribution in [-0.4, -0.2) is 5.78 Å². The minimum absolute atomic E-state index is 0.302. The fourth-order valence-corrected chi connectivity index (χ4v) is 1.30. The molecule has 0 bridgehead atoms. The van der Waals surface area contributed by atoms with E-state index in [0.717, 1.165) is 12.8 Å². The molecule has 0 heterocycles. The molecular weight excluding hydrogens is 124 g/mol. The zero-order valence-corrected chi connectivity index (χ0v) is 6.47. The van der Waals surface area contributed by atoms with Crippen molar-refractivity contribution in [2.24, 2.45) is 5.92 Å². The van der Waals surface area contributed by atoms with Crippen LogP contribution in [0.2, 0.25) is 0 Å². The maximum atomic E-state index is 10.9. The van der Waals surface area contributed by atoms with Gasteiger partial charge in [0.1, 0.15) is 0 Å². The van der Waals surface area contributed by atoms with Crippen LogP contribution in [0, 0.1) is 5.92 Å². The number of allylic oxidation sites excluding steroid dienone is 2. The summed E-state index contributed by atoms with van der Waals surface area (Å²) in [4.78, 5) is 10.9. The normalized spacial score (nSPS) is 26.5. The van der Waals surface area contributed by atoms with Crippen LogP contribution in [0.4, 0.5) is 0 Å². The van der Waals surface area contributed by atoms with Crippen molar-refractivity contribution in [1.82, 2.24) is 0 Å². The largest absolute Gasteiger partial charge is 0.295 e. The summed E-state index contributed by atoms with van der Waals surface area (Å²) in [6.07, 6.45) is 8.01. The van der Waals surface area contributed by atoms with Gasteiger partial charge in [-0.25, -0.2) is 0 Å². The molecule has 10 heavy (non-hydrogen) atoms. The summed E-state index contributed by atoms with van der Waals surface area (Å²) in [6, 6.07) is 0. The SMILES string of the molecule is CCC1C=CC(=O)CCC1. The predicted molar refractivity (Wildman–Crippen MR) is 41.8 cm³/mol. The van der Waals surface area contributed by atoms with Gasteiger partial charge in [0, 0.05) is 6.42 Å². The van der Waals surface area contributed by atoms with Crippen LogP contribution < -0.4 is 0 Å². The third-order valence-electron chi connectivity index (χ3n) is 2.08. The smallest absolute Gasteiger partial charge is 0.155 e. The Labute approximate surface area is 62.1 Å². The molecule has 1 aliphatic carbocycles. The number of rotatable bonds is 1. The monoisotopic (exact) mass is 138 g/mol. The number of carbonyl (C=O) groups is 1. The fraction of sp³-hybridized carbons (Fsp3) is 0.667. The van der Waals surface area contributed by atoms with Gasteiger partial charge in [-0.2, -0.15) is 0 Å². The second-order valence-corrected chi connectivity index (χ2v) is 2.89. The molecule has 0 radical (unpaired) electrons. The molecule has 1 unspecified atom stereocenters. The Hall–Kier alpha value is -0.590. The van der Waals surface area contributed by atoms with E-state index >= 15 is 0 Å². The lowest BCUT2D eigenvalue weighted by Crippen LogP contribution is -1.91. The zero-order chi connectivity index (χ0) is 7.40. The molecule has 0 saturated carbocycles. The highest BCUT2D eigenvalue weighted by Gasteiger charge is 2.08. The summed E-state index contributed by atoms with van der Waals surface area (Å²) in [6.45, 7) is 2.17. The van der Waals surface area contributed by atoms with Gasteiger partial charge in [-0.3, -0.25) is 4.79 Å². The van der Waals surface area contributed by atoms with Crippen LogP contribution in [0.3, 0.4) is 0 Å². The Morgan fingerprint density at radius 1 is 1.70 bits per heavy atom. The molecular formula is C9H14O. The Kier molecular flexibility index (Phi) is 2.67. The van der Waals surface area contributed by atoms with Crippen LogP contribution in [0.15, 0.2) is 12.2 Å². The minimum Gasteiger partial charge on any atom is -0.295 e. The molecule has 0 N–H and O–H groups in total. The Morgan fingerprint density at radius 3 is 3.20 bits per heavy atom. The quantitative estimate of drug-likeness (QED) is 0.543. The molecule has 0 amide bonds. The maximum absolute atomic E-state index is 10.9. The van der Waals surface area contributed by atoms with Crippen molar-refractivity contribution in [3.05, 3.63) is 12.2 Å². The van der Waals surface area contributed by atoms with Crippen molar-refractivity contribution in [2.75, 3.05) is 0 Å². The summed E-state index contributed by atoms with van der Waals surface area (Å²) < 4.78 is 0. The number of carbonyl (C=O) groups excluding carboxylic acids is 1. The molecule has 0 spiro atoms. The molecule has 1 atom stereocenters. The van der Waals surface area contributed by atoms with Gasteiger partial charge in [0.15, 0.2) is 5.78 Å². The summed E-state index contributed by atoms with van der Waals surface area (Å²) in [5.74, 6) is 0.961. The van der Waals surface area contributed by atoms with Crippen molar-refractivity contribution in [1.29, 1.82) is 0 Å². The molecule has 1 aliphatic rings. The van der Waals surface area contributed by atoms with Crippen molar-refractivity contribution in [3.63, 3.8) is 0 Å². The van der Waals surface area contributed by atoms with Crippen LogP contribution in [0.25, 0.3) is 0 Å². The van der Waals surface area contributed by atoms with Gasteiger partial charge >= 0.3 is 0 Å². The average molecular weight is 138 g/mol. The van der Waals surface area contributed by atoms with Gasteiger partial charge in [-0.05, 0) is 31.3 Å². The van der Waals surface area contributed by atoms with E-state index in [1.807, 2.05) is 0 Å². The Morgan fingerprint density at radius 2 is 2.50 bits per heavy atom. The third-order valence-corrected chi connectivity index (χ3v) is 2.08. The standard InChI is InChI=1S/C9H14O/c1-2-8-4-3-5-9(10)7-6-8/h6-8H,2-5H2,1H3. The predicted octanol–water partition coefficient (Wildman–Crippen LogP) is 2.32. The first-order valence-electron chi connectivity index (χ1n) is 4.04. The lowest BCUT2D eigenvalue weighted by molar-refractivity contribution is -0.114. The van der Waals surface area contributed by atoms with Crippen LogP contribution >= 0.6 is 0 Å². The van der Waals surface area contributed by atoms with E-state index in [-0.39, 0.29) is 0 Å². The van der Waals surface area contributed by atoms with E-state index in [2.05, 4.69) is 13.0 Å². The van der Waals surface area contributed by atoms with E-state index in [0.29, 0.717) is 11.7 Å². The molecule has 1 rings (SSSR count). The number of hydrogen-bond donors (Lipinski definition) is 0. The lowest BCUT2D eigenvalue weighted by atomic mass is 10.0.